The molecule has 1 aromatic carbocycles. The highest BCUT2D eigenvalue weighted by molar-refractivity contribution is 5.88. The lowest BCUT2D eigenvalue weighted by Crippen LogP contribution is -2.56. The van der Waals surface area contributed by atoms with Gasteiger partial charge in [-0.3, -0.25) is 19.2 Å². The van der Waals surface area contributed by atoms with Gasteiger partial charge < -0.3 is 40.0 Å². The number of carbonyl (C=O) groups excluding carboxylic acids is 5. The smallest absolute Gasteiger partial charge is 0.328 e. The van der Waals surface area contributed by atoms with Crippen molar-refractivity contribution in [2.75, 3.05) is 48.0 Å². The van der Waals surface area contributed by atoms with E-state index < -0.39 is 42.2 Å². The van der Waals surface area contributed by atoms with Gasteiger partial charge in [0, 0.05) is 33.7 Å². The van der Waals surface area contributed by atoms with Crippen LogP contribution in [0.5, 0.6) is 0 Å². The van der Waals surface area contributed by atoms with Gasteiger partial charge in [0.2, 0.25) is 23.6 Å². The minimum atomic E-state index is -0.886. The molecule has 8 atom stereocenters. The average molecular weight is 746 g/mol. The third kappa shape index (κ3) is 13.1. The van der Waals surface area contributed by atoms with Crippen LogP contribution < -0.4 is 16.0 Å². The number of carbonyl (C=O) groups is 5. The molecule has 13 heteroatoms. The number of likely N-dealkylation sites (tertiary alicyclic amines) is 1. The van der Waals surface area contributed by atoms with Crippen LogP contribution in [0.2, 0.25) is 0 Å². The zero-order chi connectivity index (χ0) is 39.7. The van der Waals surface area contributed by atoms with E-state index >= 15 is 0 Å². The molecule has 13 nitrogen and oxygen atoms in total. The molecule has 1 saturated heterocycles. The van der Waals surface area contributed by atoms with Gasteiger partial charge in [-0.05, 0) is 43.7 Å². The molecule has 4 amide bonds. The van der Waals surface area contributed by atoms with E-state index in [1.54, 1.807) is 30.9 Å². The fourth-order valence-corrected chi connectivity index (χ4v) is 7.43. The summed E-state index contributed by atoms with van der Waals surface area (Å²) in [6, 6.07) is 7.27. The van der Waals surface area contributed by atoms with Crippen molar-refractivity contribution in [1.29, 1.82) is 0 Å². The second kappa shape index (κ2) is 23.3. The molecule has 1 aromatic rings. The molecule has 53 heavy (non-hydrogen) atoms. The number of ether oxygens (including phenoxy) is 3. The number of hydrogen-bond donors (Lipinski definition) is 3. The molecule has 300 valence electrons. The number of hydrogen-bond acceptors (Lipinski definition) is 9. The van der Waals surface area contributed by atoms with Crippen molar-refractivity contribution in [3.8, 4) is 0 Å². The van der Waals surface area contributed by atoms with E-state index in [1.807, 2.05) is 51.1 Å². The Bertz CT molecular complexity index is 1300. The number of nitrogens with one attached hydrogen (secondary N) is 3. The largest absolute Gasteiger partial charge is 0.467 e. The van der Waals surface area contributed by atoms with E-state index in [1.165, 1.54) is 14.2 Å². The number of rotatable bonds is 23. The molecule has 0 bridgehead atoms. The average Bonchev–Trinajstić information content (AvgIpc) is 3.64. The first-order chi connectivity index (χ1) is 25.3. The number of esters is 1. The van der Waals surface area contributed by atoms with Crippen molar-refractivity contribution in [1.82, 2.24) is 25.8 Å². The molecule has 0 radical (unpaired) electrons. The molecule has 0 aromatic heterocycles. The molecule has 1 aliphatic rings. The van der Waals surface area contributed by atoms with Crippen molar-refractivity contribution in [3.05, 3.63) is 35.9 Å². The lowest BCUT2D eigenvalue weighted by molar-refractivity contribution is -0.148. The van der Waals surface area contributed by atoms with Crippen LogP contribution in [0, 0.1) is 17.8 Å². The highest BCUT2D eigenvalue weighted by Gasteiger charge is 2.43. The van der Waals surface area contributed by atoms with Crippen LogP contribution >= 0.6 is 0 Å². The molecule has 0 saturated carbocycles. The maximum absolute atomic E-state index is 14.2. The van der Waals surface area contributed by atoms with Crippen LogP contribution in [-0.4, -0.2) is 124 Å². The Kier molecular flexibility index (Phi) is 20.0. The molecule has 2 rings (SSSR count). The number of benzene rings is 1. The number of unbranched alkanes of at least 4 members (excludes halogenated alkanes) is 1. The summed E-state index contributed by atoms with van der Waals surface area (Å²) < 4.78 is 17.0. The topological polar surface area (TPSA) is 156 Å². The van der Waals surface area contributed by atoms with Crippen LogP contribution in [0.4, 0.5) is 0 Å². The third-order valence-electron chi connectivity index (χ3n) is 10.7. The molecule has 3 N–H and O–H groups in total. The summed E-state index contributed by atoms with van der Waals surface area (Å²) in [5.74, 6) is -2.18. The van der Waals surface area contributed by atoms with E-state index in [0.717, 1.165) is 31.2 Å². The predicted octanol–water partition coefficient (Wildman–Crippen LogP) is 3.34. The Balaban J connectivity index is 2.27. The zero-order valence-corrected chi connectivity index (χ0v) is 33.8. The Hall–Kier alpha value is -3.55. The number of methoxy groups -OCH3 is 3. The molecular formula is C40H67N5O8. The predicted molar refractivity (Wildman–Crippen MR) is 205 cm³/mol. The maximum Gasteiger partial charge on any atom is 0.328 e. The molecular weight excluding hydrogens is 678 g/mol. The minimum Gasteiger partial charge on any atom is -0.467 e. The quantitative estimate of drug-likeness (QED) is 0.143. The fourth-order valence-electron chi connectivity index (χ4n) is 7.43. The van der Waals surface area contributed by atoms with Crippen LogP contribution in [0.15, 0.2) is 30.3 Å². The summed E-state index contributed by atoms with van der Waals surface area (Å²) in [5, 5.41) is 8.70. The van der Waals surface area contributed by atoms with Crippen molar-refractivity contribution >= 4 is 29.6 Å². The number of amides is 4. The van der Waals surface area contributed by atoms with Crippen LogP contribution in [0.3, 0.4) is 0 Å². The van der Waals surface area contributed by atoms with Crippen LogP contribution in [0.25, 0.3) is 0 Å². The molecule has 0 aliphatic carbocycles. The number of nitrogens with zero attached hydrogens (tertiary/aromatic N) is 2. The third-order valence-corrected chi connectivity index (χ3v) is 10.7. The summed E-state index contributed by atoms with van der Waals surface area (Å²) in [5.41, 5.74) is 0.878. The normalized spacial score (nSPS) is 18.3. The van der Waals surface area contributed by atoms with Gasteiger partial charge in [-0.15, -0.1) is 0 Å². The van der Waals surface area contributed by atoms with Gasteiger partial charge in [0.1, 0.15) is 6.04 Å². The van der Waals surface area contributed by atoms with E-state index in [2.05, 4.69) is 29.8 Å². The number of likely N-dealkylation sites (N-methyl/N-ethyl adjacent to an activating group) is 1. The zero-order valence-electron chi connectivity index (χ0n) is 33.8. The summed E-state index contributed by atoms with van der Waals surface area (Å²) in [7, 11) is 6.11. The molecule has 0 spiro atoms. The van der Waals surface area contributed by atoms with Crippen molar-refractivity contribution in [3.63, 3.8) is 0 Å². The Morgan fingerprint density at radius 2 is 1.64 bits per heavy atom. The highest BCUT2D eigenvalue weighted by atomic mass is 16.5. The fraction of sp³-hybridized carbons (Fsp3) is 0.725. The minimum absolute atomic E-state index is 0.00608. The van der Waals surface area contributed by atoms with Gasteiger partial charge in [0.15, 0.2) is 0 Å². The first kappa shape index (κ1) is 45.6. The van der Waals surface area contributed by atoms with Gasteiger partial charge >= 0.3 is 5.97 Å². The monoisotopic (exact) mass is 745 g/mol. The first-order valence-corrected chi connectivity index (χ1v) is 19.3. The summed E-state index contributed by atoms with van der Waals surface area (Å²) in [6.07, 6.45) is 2.79. The summed E-state index contributed by atoms with van der Waals surface area (Å²) in [6.45, 7) is 12.6. The van der Waals surface area contributed by atoms with E-state index in [0.29, 0.717) is 19.5 Å². The van der Waals surface area contributed by atoms with Crippen molar-refractivity contribution < 1.29 is 38.2 Å². The van der Waals surface area contributed by atoms with E-state index in [9.17, 15) is 24.0 Å². The molecule has 1 heterocycles. The van der Waals surface area contributed by atoms with E-state index in [-0.39, 0.29) is 60.9 Å². The van der Waals surface area contributed by atoms with Gasteiger partial charge in [0.05, 0.1) is 56.3 Å². The Labute approximate surface area is 317 Å². The van der Waals surface area contributed by atoms with Gasteiger partial charge in [-0.1, -0.05) is 84.7 Å². The lowest BCUT2D eigenvalue weighted by Gasteiger charge is -2.41. The standard InChI is InChI=1S/C40H67N5O8/c1-11-13-21-45(34(47)25-42-39(49)35(41-7)26(3)4)36(27(5)12-2)32(51-8)24-33(46)44-22-17-20-31(44)37(52-9)28(6)38(48)43-30(40(50)53-10)23-29-18-15-14-16-19-29/h14-16,18-19,26-28,30-32,35-37,41H,11-13,17,20-25H2,1-10H3,(H,42,49)(H,43,48)/t27-,28+,30?,31-,32+,35-,36-,37+/m0/s1. The Morgan fingerprint density at radius 1 is 0.962 bits per heavy atom. The summed E-state index contributed by atoms with van der Waals surface area (Å²) >= 11 is 0. The summed E-state index contributed by atoms with van der Waals surface area (Å²) in [4.78, 5) is 70.9. The van der Waals surface area contributed by atoms with Gasteiger partial charge in [-0.2, -0.15) is 0 Å². The Morgan fingerprint density at radius 3 is 2.19 bits per heavy atom. The second-order valence-electron chi connectivity index (χ2n) is 14.6. The van der Waals surface area contributed by atoms with Gasteiger partial charge in [-0.25, -0.2) is 4.79 Å². The van der Waals surface area contributed by atoms with Gasteiger partial charge in [0.25, 0.3) is 0 Å². The van der Waals surface area contributed by atoms with Crippen LogP contribution in [-0.2, 0) is 44.6 Å². The molecule has 1 unspecified atom stereocenters. The van der Waals surface area contributed by atoms with Crippen LogP contribution in [0.1, 0.15) is 85.6 Å². The second-order valence-corrected chi connectivity index (χ2v) is 14.6. The molecule has 1 fully saturated rings. The highest BCUT2D eigenvalue weighted by Crippen LogP contribution is 2.30. The first-order valence-electron chi connectivity index (χ1n) is 19.3. The van der Waals surface area contributed by atoms with E-state index in [4.69, 9.17) is 14.2 Å². The van der Waals surface area contributed by atoms with Crippen molar-refractivity contribution in [2.45, 2.75) is 123 Å². The lowest BCUT2D eigenvalue weighted by atomic mass is 9.89. The molecule has 1 aliphatic heterocycles. The SMILES string of the molecule is CCCCN(C(=O)CNC(=O)[C@@H](NC)C(C)C)[C@@H]([C@@H](C)CC)[C@@H](CC(=O)N1CCC[C@H]1[C@H](OC)[C@@H](C)C(=O)NC(Cc1ccccc1)C(=O)OC)OC. The maximum atomic E-state index is 14.2. The van der Waals surface area contributed by atoms with Crippen molar-refractivity contribution in [2.24, 2.45) is 17.8 Å².